The van der Waals surface area contributed by atoms with E-state index in [2.05, 4.69) is 0 Å². The van der Waals surface area contributed by atoms with Gasteiger partial charge in [-0.25, -0.2) is 13.1 Å². The molecule has 0 spiro atoms. The van der Waals surface area contributed by atoms with Crippen molar-refractivity contribution >= 4 is 27.5 Å². The van der Waals surface area contributed by atoms with Crippen molar-refractivity contribution in [1.29, 1.82) is 0 Å². The van der Waals surface area contributed by atoms with E-state index in [-0.39, 0.29) is 15.5 Å². The first-order chi connectivity index (χ1) is 9.92. The van der Waals surface area contributed by atoms with Crippen LogP contribution in [0.2, 0.25) is 5.02 Å². The van der Waals surface area contributed by atoms with Gasteiger partial charge in [0.05, 0.1) is 12.0 Å². The average Bonchev–Trinajstić information content (AvgIpc) is 2.47. The molecule has 1 N–H and O–H groups in total. The molecule has 0 aromatic heterocycles. The number of carbonyl (C=O) groups excluding carboxylic acids is 1. The molecule has 0 bridgehead atoms. The molecular weight excluding hydrogens is 314 g/mol. The Balaban J connectivity index is 2.25. The van der Waals surface area contributed by atoms with Crippen molar-refractivity contribution in [3.8, 4) is 5.75 Å². The highest BCUT2D eigenvalue weighted by Gasteiger charge is 2.19. The molecule has 0 aliphatic carbocycles. The fraction of sp³-hybridized carbons (Fsp3) is 0.0714. The van der Waals surface area contributed by atoms with Gasteiger partial charge in [0.1, 0.15) is 5.75 Å². The number of carbonyl (C=O) groups is 1. The van der Waals surface area contributed by atoms with E-state index in [0.29, 0.717) is 5.75 Å². The minimum absolute atomic E-state index is 0.0775. The number of amides is 1. The SMILES string of the molecule is COc1cccc(C(=O)NS(=O)(=O)c2cccc(Cl)c2)c1. The fourth-order valence-corrected chi connectivity index (χ4v) is 2.91. The van der Waals surface area contributed by atoms with Crippen LogP contribution in [0, 0.1) is 0 Å². The topological polar surface area (TPSA) is 72.5 Å². The predicted octanol–water partition coefficient (Wildman–Crippen LogP) is 2.47. The smallest absolute Gasteiger partial charge is 0.265 e. The largest absolute Gasteiger partial charge is 0.497 e. The molecule has 0 saturated carbocycles. The lowest BCUT2D eigenvalue weighted by Crippen LogP contribution is -2.30. The maximum Gasteiger partial charge on any atom is 0.265 e. The summed E-state index contributed by atoms with van der Waals surface area (Å²) in [6.45, 7) is 0. The zero-order chi connectivity index (χ0) is 15.5. The van der Waals surface area contributed by atoms with E-state index < -0.39 is 15.9 Å². The minimum atomic E-state index is -3.97. The number of sulfonamides is 1. The molecule has 5 nitrogen and oxygen atoms in total. The third kappa shape index (κ3) is 3.74. The highest BCUT2D eigenvalue weighted by molar-refractivity contribution is 7.90. The molecule has 0 heterocycles. The van der Waals surface area contributed by atoms with Gasteiger partial charge in [0.25, 0.3) is 15.9 Å². The molecule has 0 aliphatic heterocycles. The Kier molecular flexibility index (Phi) is 4.50. The Morgan fingerprint density at radius 3 is 2.52 bits per heavy atom. The van der Waals surface area contributed by atoms with Crippen molar-refractivity contribution in [3.63, 3.8) is 0 Å². The third-order valence-electron chi connectivity index (χ3n) is 2.67. The van der Waals surface area contributed by atoms with Crippen molar-refractivity contribution in [2.24, 2.45) is 0 Å². The molecule has 21 heavy (non-hydrogen) atoms. The summed E-state index contributed by atoms with van der Waals surface area (Å²) in [5, 5.41) is 0.270. The van der Waals surface area contributed by atoms with Crippen LogP contribution in [0.1, 0.15) is 10.4 Å². The molecule has 0 saturated heterocycles. The zero-order valence-corrected chi connectivity index (χ0v) is 12.6. The van der Waals surface area contributed by atoms with E-state index >= 15 is 0 Å². The number of hydrogen-bond acceptors (Lipinski definition) is 4. The minimum Gasteiger partial charge on any atom is -0.497 e. The quantitative estimate of drug-likeness (QED) is 0.937. The normalized spacial score (nSPS) is 11.0. The lowest BCUT2D eigenvalue weighted by atomic mass is 10.2. The van der Waals surface area contributed by atoms with E-state index in [1.807, 2.05) is 4.72 Å². The molecule has 0 unspecified atom stereocenters. The summed E-state index contributed by atoms with van der Waals surface area (Å²) in [6.07, 6.45) is 0. The number of methoxy groups -OCH3 is 1. The maximum absolute atomic E-state index is 12.1. The van der Waals surface area contributed by atoms with Crippen LogP contribution in [0.25, 0.3) is 0 Å². The van der Waals surface area contributed by atoms with Crippen LogP contribution in [0.5, 0.6) is 5.75 Å². The Hall–Kier alpha value is -2.05. The number of halogens is 1. The second-order valence-electron chi connectivity index (χ2n) is 4.12. The molecule has 0 fully saturated rings. The molecule has 110 valence electrons. The Bertz CT molecular complexity index is 774. The van der Waals surface area contributed by atoms with Gasteiger partial charge in [-0.1, -0.05) is 23.7 Å². The second-order valence-corrected chi connectivity index (χ2v) is 6.24. The van der Waals surface area contributed by atoms with E-state index in [1.165, 1.54) is 37.4 Å². The van der Waals surface area contributed by atoms with Gasteiger partial charge in [-0.15, -0.1) is 0 Å². The number of nitrogens with one attached hydrogen (secondary N) is 1. The second kappa shape index (κ2) is 6.15. The summed E-state index contributed by atoms with van der Waals surface area (Å²) in [6, 6.07) is 11.9. The van der Waals surface area contributed by atoms with Crippen molar-refractivity contribution in [1.82, 2.24) is 4.72 Å². The number of hydrogen-bond donors (Lipinski definition) is 1. The summed E-state index contributed by atoms with van der Waals surface area (Å²) in [4.78, 5) is 11.9. The van der Waals surface area contributed by atoms with E-state index in [4.69, 9.17) is 16.3 Å². The molecule has 2 aromatic rings. The van der Waals surface area contributed by atoms with Gasteiger partial charge in [0.2, 0.25) is 0 Å². The first-order valence-electron chi connectivity index (χ1n) is 5.89. The van der Waals surface area contributed by atoms with Crippen molar-refractivity contribution in [3.05, 3.63) is 59.1 Å². The van der Waals surface area contributed by atoms with Gasteiger partial charge in [-0.05, 0) is 36.4 Å². The monoisotopic (exact) mass is 325 g/mol. The average molecular weight is 326 g/mol. The summed E-state index contributed by atoms with van der Waals surface area (Å²) in [5.74, 6) is -0.281. The van der Waals surface area contributed by atoms with Crippen LogP contribution in [-0.4, -0.2) is 21.4 Å². The van der Waals surface area contributed by atoms with Crippen molar-refractivity contribution in [2.45, 2.75) is 4.90 Å². The van der Waals surface area contributed by atoms with Crippen LogP contribution in [0.4, 0.5) is 0 Å². The lowest BCUT2D eigenvalue weighted by molar-refractivity contribution is 0.0981. The molecule has 2 aromatic carbocycles. The molecule has 0 radical (unpaired) electrons. The third-order valence-corrected chi connectivity index (χ3v) is 4.23. The van der Waals surface area contributed by atoms with Crippen molar-refractivity contribution in [2.75, 3.05) is 7.11 Å². The van der Waals surface area contributed by atoms with Crippen LogP contribution in [-0.2, 0) is 10.0 Å². The van der Waals surface area contributed by atoms with Gasteiger partial charge in [-0.2, -0.15) is 0 Å². The van der Waals surface area contributed by atoms with Crippen LogP contribution < -0.4 is 9.46 Å². The van der Waals surface area contributed by atoms with E-state index in [1.54, 1.807) is 18.2 Å². The maximum atomic E-state index is 12.1. The highest BCUT2D eigenvalue weighted by atomic mass is 35.5. The van der Waals surface area contributed by atoms with Gasteiger partial charge in [-0.3, -0.25) is 4.79 Å². The standard InChI is InChI=1S/C14H12ClNO4S/c1-20-12-6-2-4-10(8-12)14(17)16-21(18,19)13-7-3-5-11(15)9-13/h2-9H,1H3,(H,16,17). The van der Waals surface area contributed by atoms with Gasteiger partial charge in [0, 0.05) is 10.6 Å². The molecule has 0 aliphatic rings. The molecule has 2 rings (SSSR count). The van der Waals surface area contributed by atoms with E-state index in [9.17, 15) is 13.2 Å². The van der Waals surface area contributed by atoms with Crippen LogP contribution >= 0.6 is 11.6 Å². The number of benzene rings is 2. The van der Waals surface area contributed by atoms with Crippen LogP contribution in [0.3, 0.4) is 0 Å². The number of rotatable bonds is 4. The highest BCUT2D eigenvalue weighted by Crippen LogP contribution is 2.17. The van der Waals surface area contributed by atoms with Crippen molar-refractivity contribution < 1.29 is 17.9 Å². The zero-order valence-electron chi connectivity index (χ0n) is 11.0. The lowest BCUT2D eigenvalue weighted by Gasteiger charge is -2.08. The summed E-state index contributed by atoms with van der Waals surface area (Å²) < 4.78 is 31.2. The molecular formula is C14H12ClNO4S. The molecule has 1 amide bonds. The van der Waals surface area contributed by atoms with E-state index in [0.717, 1.165) is 0 Å². The molecule has 0 atom stereocenters. The predicted molar refractivity (Wildman–Crippen MR) is 79.1 cm³/mol. The Morgan fingerprint density at radius 1 is 1.14 bits per heavy atom. The first kappa shape index (κ1) is 15.3. The van der Waals surface area contributed by atoms with Crippen LogP contribution in [0.15, 0.2) is 53.4 Å². The summed E-state index contributed by atoms with van der Waals surface area (Å²) in [7, 11) is -2.52. The van der Waals surface area contributed by atoms with Gasteiger partial charge < -0.3 is 4.74 Å². The fourth-order valence-electron chi connectivity index (χ4n) is 1.64. The Labute approximate surface area is 127 Å². The number of ether oxygens (including phenoxy) is 1. The van der Waals surface area contributed by atoms with Gasteiger partial charge in [0.15, 0.2) is 0 Å². The van der Waals surface area contributed by atoms with Gasteiger partial charge >= 0.3 is 0 Å². The molecule has 7 heteroatoms. The summed E-state index contributed by atoms with van der Waals surface area (Å²) >= 11 is 5.75. The Morgan fingerprint density at radius 2 is 1.86 bits per heavy atom. The summed E-state index contributed by atoms with van der Waals surface area (Å²) in [5.41, 5.74) is 0.181. The first-order valence-corrected chi connectivity index (χ1v) is 7.75.